The number of aromatic nitrogens is 1. The van der Waals surface area contributed by atoms with Crippen LogP contribution in [-0.2, 0) is 16.6 Å². The van der Waals surface area contributed by atoms with E-state index in [0.717, 1.165) is 27.2 Å². The van der Waals surface area contributed by atoms with Gasteiger partial charge in [0.15, 0.2) is 11.6 Å². The van der Waals surface area contributed by atoms with E-state index in [9.17, 15) is 22.0 Å². The molecule has 2 aromatic rings. The van der Waals surface area contributed by atoms with E-state index in [1.165, 1.54) is 32.3 Å². The molecule has 118 valence electrons. The molecule has 1 aromatic heterocycles. The molecule has 0 saturated heterocycles. The summed E-state index contributed by atoms with van der Waals surface area (Å²) >= 11 is 0. The summed E-state index contributed by atoms with van der Waals surface area (Å²) in [5.74, 6) is -2.09. The van der Waals surface area contributed by atoms with E-state index >= 15 is 0 Å². The van der Waals surface area contributed by atoms with E-state index in [0.29, 0.717) is 0 Å². The molecule has 5 nitrogen and oxygen atoms in total. The second kappa shape index (κ2) is 5.98. The summed E-state index contributed by atoms with van der Waals surface area (Å²) < 4.78 is 53.0. The van der Waals surface area contributed by atoms with Crippen LogP contribution in [0.3, 0.4) is 0 Å². The van der Waals surface area contributed by atoms with Gasteiger partial charge in [-0.3, -0.25) is 4.79 Å². The molecule has 0 radical (unpaired) electrons. The first-order valence-corrected chi connectivity index (χ1v) is 7.73. The summed E-state index contributed by atoms with van der Waals surface area (Å²) in [5.41, 5.74) is -0.553. The van der Waals surface area contributed by atoms with E-state index in [1.807, 2.05) is 0 Å². The van der Waals surface area contributed by atoms with Gasteiger partial charge in [0.25, 0.3) is 5.56 Å². The molecule has 1 aromatic carbocycles. The van der Waals surface area contributed by atoms with Gasteiger partial charge in [0.05, 0.1) is 11.4 Å². The van der Waals surface area contributed by atoms with Crippen LogP contribution in [0, 0.1) is 11.6 Å². The van der Waals surface area contributed by atoms with Crippen molar-refractivity contribution < 1.29 is 17.2 Å². The van der Waals surface area contributed by atoms with Crippen LogP contribution in [0.15, 0.2) is 46.2 Å². The van der Waals surface area contributed by atoms with E-state index in [2.05, 4.69) is 0 Å². The van der Waals surface area contributed by atoms with Crippen molar-refractivity contribution in [3.63, 3.8) is 0 Å². The molecule has 0 aliphatic carbocycles. The minimum atomic E-state index is -3.72. The maximum absolute atomic E-state index is 13.7. The second-order valence-corrected chi connectivity index (χ2v) is 6.98. The lowest BCUT2D eigenvalue weighted by atomic mass is 10.2. The molecule has 22 heavy (non-hydrogen) atoms. The number of sulfonamides is 1. The van der Waals surface area contributed by atoms with Crippen molar-refractivity contribution in [3.8, 4) is 0 Å². The molecule has 0 amide bonds. The van der Waals surface area contributed by atoms with Gasteiger partial charge in [-0.05, 0) is 12.1 Å². The fourth-order valence-corrected chi connectivity index (χ4v) is 2.77. The average Bonchev–Trinajstić information content (AvgIpc) is 2.45. The number of hydrogen-bond acceptors (Lipinski definition) is 3. The van der Waals surface area contributed by atoms with Crippen molar-refractivity contribution in [2.24, 2.45) is 0 Å². The number of pyridine rings is 1. The summed E-state index contributed by atoms with van der Waals surface area (Å²) in [7, 11) is -1.00. The first kappa shape index (κ1) is 16.3. The van der Waals surface area contributed by atoms with Crippen LogP contribution in [0.2, 0.25) is 0 Å². The van der Waals surface area contributed by atoms with Crippen molar-refractivity contribution in [2.45, 2.75) is 11.4 Å². The van der Waals surface area contributed by atoms with Gasteiger partial charge >= 0.3 is 0 Å². The minimum absolute atomic E-state index is 0.0403. The van der Waals surface area contributed by atoms with Gasteiger partial charge in [-0.15, -0.1) is 0 Å². The summed E-state index contributed by atoms with van der Waals surface area (Å²) in [4.78, 5) is 11.7. The van der Waals surface area contributed by atoms with E-state index in [1.54, 1.807) is 0 Å². The monoisotopic (exact) mass is 328 g/mol. The molecule has 0 fully saturated rings. The zero-order chi connectivity index (χ0) is 16.5. The Morgan fingerprint density at radius 2 is 1.82 bits per heavy atom. The highest BCUT2D eigenvalue weighted by molar-refractivity contribution is 7.89. The minimum Gasteiger partial charge on any atom is -0.310 e. The molecule has 0 atom stereocenters. The lowest BCUT2D eigenvalue weighted by Crippen LogP contribution is -2.26. The lowest BCUT2D eigenvalue weighted by molar-refractivity contribution is 0.493. The average molecular weight is 328 g/mol. The molecule has 0 unspecified atom stereocenters. The largest absolute Gasteiger partial charge is 0.310 e. The van der Waals surface area contributed by atoms with Gasteiger partial charge in [0, 0.05) is 31.9 Å². The molecule has 0 saturated carbocycles. The molecule has 2 rings (SSSR count). The third-order valence-electron chi connectivity index (χ3n) is 3.11. The Bertz CT molecular complexity index is 861. The van der Waals surface area contributed by atoms with Crippen molar-refractivity contribution in [3.05, 3.63) is 64.1 Å². The molecular formula is C14H14F2N2O3S. The SMILES string of the molecule is CN(C)S(=O)(=O)c1ccc(=O)n(Cc2cccc(F)c2F)c1. The number of benzene rings is 1. The highest BCUT2D eigenvalue weighted by atomic mass is 32.2. The first-order chi connectivity index (χ1) is 10.2. The number of halogens is 2. The van der Waals surface area contributed by atoms with E-state index in [4.69, 9.17) is 0 Å². The Labute approximate surface area is 126 Å². The Kier molecular flexibility index (Phi) is 4.43. The Morgan fingerprint density at radius 1 is 1.14 bits per heavy atom. The van der Waals surface area contributed by atoms with Crippen LogP contribution in [0.4, 0.5) is 8.78 Å². The number of hydrogen-bond donors (Lipinski definition) is 0. The predicted octanol–water partition coefficient (Wildman–Crippen LogP) is 1.43. The van der Waals surface area contributed by atoms with Crippen molar-refractivity contribution in [1.82, 2.24) is 8.87 Å². The lowest BCUT2D eigenvalue weighted by Gasteiger charge is -2.13. The van der Waals surface area contributed by atoms with Gasteiger partial charge in [-0.25, -0.2) is 21.5 Å². The molecule has 0 N–H and O–H groups in total. The third kappa shape index (κ3) is 3.07. The normalized spacial score (nSPS) is 11.9. The highest BCUT2D eigenvalue weighted by Crippen LogP contribution is 2.14. The molecule has 0 bridgehead atoms. The summed E-state index contributed by atoms with van der Waals surface area (Å²) in [6, 6.07) is 5.87. The van der Waals surface area contributed by atoms with Crippen LogP contribution < -0.4 is 5.56 Å². The summed E-state index contributed by atoms with van der Waals surface area (Å²) in [6.45, 7) is -0.265. The van der Waals surface area contributed by atoms with E-state index in [-0.39, 0.29) is 17.0 Å². The maximum atomic E-state index is 13.7. The smallest absolute Gasteiger partial charge is 0.250 e. The number of rotatable bonds is 4. The molecule has 8 heteroatoms. The first-order valence-electron chi connectivity index (χ1n) is 6.29. The summed E-state index contributed by atoms with van der Waals surface area (Å²) in [5, 5.41) is 0. The second-order valence-electron chi connectivity index (χ2n) is 4.83. The van der Waals surface area contributed by atoms with Crippen LogP contribution in [0.1, 0.15) is 5.56 Å². The van der Waals surface area contributed by atoms with Crippen LogP contribution >= 0.6 is 0 Å². The maximum Gasteiger partial charge on any atom is 0.250 e. The van der Waals surface area contributed by atoms with Gasteiger partial charge in [-0.1, -0.05) is 12.1 Å². The van der Waals surface area contributed by atoms with Gasteiger partial charge < -0.3 is 4.57 Å². The fraction of sp³-hybridized carbons (Fsp3) is 0.214. The zero-order valence-electron chi connectivity index (χ0n) is 12.0. The van der Waals surface area contributed by atoms with Crippen LogP contribution in [-0.4, -0.2) is 31.4 Å². The third-order valence-corrected chi connectivity index (χ3v) is 4.91. The van der Waals surface area contributed by atoms with Crippen LogP contribution in [0.25, 0.3) is 0 Å². The van der Waals surface area contributed by atoms with E-state index < -0.39 is 27.2 Å². The number of nitrogens with zero attached hydrogens (tertiary/aromatic N) is 2. The molecule has 0 aliphatic heterocycles. The van der Waals surface area contributed by atoms with Crippen molar-refractivity contribution >= 4 is 10.0 Å². The van der Waals surface area contributed by atoms with Gasteiger partial charge in [0.1, 0.15) is 0 Å². The standard InChI is InChI=1S/C14H14F2N2O3S/c1-17(2)22(20,21)11-6-7-13(19)18(9-11)8-10-4-3-5-12(15)14(10)16/h3-7,9H,8H2,1-2H3. The van der Waals surface area contributed by atoms with Gasteiger partial charge in [-0.2, -0.15) is 0 Å². The molecular weight excluding hydrogens is 314 g/mol. The fourth-order valence-electron chi connectivity index (χ4n) is 1.85. The Morgan fingerprint density at radius 3 is 2.45 bits per heavy atom. The van der Waals surface area contributed by atoms with Crippen molar-refractivity contribution in [2.75, 3.05) is 14.1 Å². The Hall–Kier alpha value is -2.06. The zero-order valence-corrected chi connectivity index (χ0v) is 12.8. The van der Waals surface area contributed by atoms with Gasteiger partial charge in [0.2, 0.25) is 10.0 Å². The quantitative estimate of drug-likeness (QED) is 0.853. The predicted molar refractivity (Wildman–Crippen MR) is 77.0 cm³/mol. The highest BCUT2D eigenvalue weighted by Gasteiger charge is 2.18. The van der Waals surface area contributed by atoms with Crippen molar-refractivity contribution in [1.29, 1.82) is 0 Å². The summed E-state index contributed by atoms with van der Waals surface area (Å²) in [6.07, 6.45) is 1.11. The topological polar surface area (TPSA) is 59.4 Å². The molecule has 0 spiro atoms. The Balaban J connectivity index is 2.49. The molecule has 1 heterocycles. The molecule has 0 aliphatic rings. The van der Waals surface area contributed by atoms with Crippen LogP contribution in [0.5, 0.6) is 0 Å².